The molecule has 0 bridgehead atoms. The van der Waals surface area contributed by atoms with E-state index < -0.39 is 24.1 Å². The summed E-state index contributed by atoms with van der Waals surface area (Å²) in [4.78, 5) is 11.4. The van der Waals surface area contributed by atoms with E-state index in [0.29, 0.717) is 0 Å². The third-order valence-corrected chi connectivity index (χ3v) is 3.45. The minimum Gasteiger partial charge on any atom is -0.488 e. The first-order chi connectivity index (χ1) is 9.90. The van der Waals surface area contributed by atoms with E-state index >= 15 is 0 Å². The summed E-state index contributed by atoms with van der Waals surface area (Å²) in [7, 11) is 0. The van der Waals surface area contributed by atoms with Crippen LogP contribution in [0.4, 0.5) is 13.2 Å². The highest BCUT2D eigenvalue weighted by Crippen LogP contribution is 2.25. The molecule has 0 heterocycles. The quantitative estimate of drug-likeness (QED) is 0.587. The maximum absolute atomic E-state index is 13.8. The molecule has 2 aromatic rings. The molecule has 0 radical (unpaired) electrons. The van der Waals surface area contributed by atoms with Crippen molar-refractivity contribution in [1.29, 1.82) is 0 Å². The number of carbonyl (C=O) groups is 1. The van der Waals surface area contributed by atoms with E-state index in [1.165, 1.54) is 19.1 Å². The highest BCUT2D eigenvalue weighted by atomic mass is 79.9. The Morgan fingerprint density at radius 1 is 1.19 bits per heavy atom. The summed E-state index contributed by atoms with van der Waals surface area (Å²) in [5.74, 6) is -2.57. The SMILES string of the molecule is CC(=O)c1ccc(F)cc1OCc1c(F)ccc(Br)c1F. The Morgan fingerprint density at radius 3 is 2.57 bits per heavy atom. The van der Waals surface area contributed by atoms with E-state index in [4.69, 9.17) is 4.74 Å². The number of benzene rings is 2. The van der Waals surface area contributed by atoms with Crippen molar-refractivity contribution >= 4 is 21.7 Å². The van der Waals surface area contributed by atoms with Crippen molar-refractivity contribution in [2.45, 2.75) is 13.5 Å². The van der Waals surface area contributed by atoms with E-state index in [1.54, 1.807) is 0 Å². The van der Waals surface area contributed by atoms with Crippen molar-refractivity contribution in [2.75, 3.05) is 0 Å². The van der Waals surface area contributed by atoms with Crippen molar-refractivity contribution in [3.05, 3.63) is 63.4 Å². The molecule has 0 spiro atoms. The zero-order valence-corrected chi connectivity index (χ0v) is 12.5. The maximum atomic E-state index is 13.8. The molecule has 0 atom stereocenters. The van der Waals surface area contributed by atoms with Crippen LogP contribution in [0.3, 0.4) is 0 Å². The predicted molar refractivity (Wildman–Crippen MR) is 74.8 cm³/mol. The van der Waals surface area contributed by atoms with Crippen molar-refractivity contribution < 1.29 is 22.7 Å². The number of ether oxygens (including phenoxy) is 1. The lowest BCUT2D eigenvalue weighted by molar-refractivity contribution is 0.101. The van der Waals surface area contributed by atoms with Gasteiger partial charge in [0.2, 0.25) is 0 Å². The molecule has 0 saturated heterocycles. The first-order valence-corrected chi connectivity index (χ1v) is 6.75. The second-order valence-corrected chi connectivity index (χ2v) is 5.16. The molecule has 0 amide bonds. The van der Waals surface area contributed by atoms with Gasteiger partial charge in [-0.1, -0.05) is 0 Å². The second kappa shape index (κ2) is 6.30. The number of hydrogen-bond acceptors (Lipinski definition) is 2. The minimum absolute atomic E-state index is 0.0544. The van der Waals surface area contributed by atoms with Crippen LogP contribution in [0.5, 0.6) is 5.75 Å². The normalized spacial score (nSPS) is 10.5. The molecule has 0 unspecified atom stereocenters. The zero-order chi connectivity index (χ0) is 15.6. The molecule has 6 heteroatoms. The molecular formula is C15H10BrF3O2. The monoisotopic (exact) mass is 358 g/mol. The van der Waals surface area contributed by atoms with Crippen molar-refractivity contribution in [1.82, 2.24) is 0 Å². The van der Waals surface area contributed by atoms with Gasteiger partial charge in [-0.05, 0) is 47.1 Å². The third-order valence-electron chi connectivity index (χ3n) is 2.83. The van der Waals surface area contributed by atoms with Crippen LogP contribution in [-0.2, 0) is 6.61 Å². The number of halogens is 4. The third kappa shape index (κ3) is 3.44. The Morgan fingerprint density at radius 2 is 1.90 bits per heavy atom. The molecule has 21 heavy (non-hydrogen) atoms. The number of Topliss-reactive ketones (excluding diaryl/α,β-unsaturated/α-hetero) is 1. The summed E-state index contributed by atoms with van der Waals surface area (Å²) < 4.78 is 45.9. The Labute approximate surface area is 127 Å². The molecule has 0 aliphatic heterocycles. The van der Waals surface area contributed by atoms with Crippen LogP contribution in [0.25, 0.3) is 0 Å². The highest BCUT2D eigenvalue weighted by Gasteiger charge is 2.15. The van der Waals surface area contributed by atoms with Crippen LogP contribution in [-0.4, -0.2) is 5.78 Å². The first-order valence-electron chi connectivity index (χ1n) is 5.96. The number of ketones is 1. The summed E-state index contributed by atoms with van der Waals surface area (Å²) in [6, 6.07) is 5.70. The van der Waals surface area contributed by atoms with Gasteiger partial charge in [0.05, 0.1) is 15.6 Å². The molecule has 2 nitrogen and oxygen atoms in total. The van der Waals surface area contributed by atoms with Gasteiger partial charge >= 0.3 is 0 Å². The lowest BCUT2D eigenvalue weighted by Gasteiger charge is -2.11. The van der Waals surface area contributed by atoms with Gasteiger partial charge < -0.3 is 4.74 Å². The molecule has 0 N–H and O–H groups in total. The highest BCUT2D eigenvalue weighted by molar-refractivity contribution is 9.10. The fourth-order valence-corrected chi connectivity index (χ4v) is 2.13. The number of rotatable bonds is 4. The molecule has 0 aliphatic rings. The summed E-state index contributed by atoms with van der Waals surface area (Å²) in [6.07, 6.45) is 0. The van der Waals surface area contributed by atoms with Gasteiger partial charge in [0.1, 0.15) is 29.8 Å². The van der Waals surface area contributed by atoms with Crippen molar-refractivity contribution in [2.24, 2.45) is 0 Å². The molecule has 0 aliphatic carbocycles. The number of hydrogen-bond donors (Lipinski definition) is 0. The average Bonchev–Trinajstić information content (AvgIpc) is 2.43. The summed E-state index contributed by atoms with van der Waals surface area (Å²) in [5, 5.41) is 0. The average molecular weight is 359 g/mol. The molecule has 0 aromatic heterocycles. The Bertz CT molecular complexity index is 702. The summed E-state index contributed by atoms with van der Waals surface area (Å²) in [6.45, 7) is 0.835. The minimum atomic E-state index is -0.796. The predicted octanol–water partition coefficient (Wildman–Crippen LogP) is 4.65. The lowest BCUT2D eigenvalue weighted by Crippen LogP contribution is -2.06. The van der Waals surface area contributed by atoms with E-state index in [9.17, 15) is 18.0 Å². The molecule has 0 saturated carbocycles. The van der Waals surface area contributed by atoms with Crippen LogP contribution < -0.4 is 4.74 Å². The first kappa shape index (κ1) is 15.6. The molecular weight excluding hydrogens is 349 g/mol. The maximum Gasteiger partial charge on any atom is 0.163 e. The fourth-order valence-electron chi connectivity index (χ4n) is 1.76. The fraction of sp³-hybridized carbons (Fsp3) is 0.133. The van der Waals surface area contributed by atoms with Crippen LogP contribution in [0.1, 0.15) is 22.8 Å². The van der Waals surface area contributed by atoms with Gasteiger partial charge in [-0.15, -0.1) is 0 Å². The number of carbonyl (C=O) groups excluding carboxylic acids is 1. The molecule has 2 rings (SSSR count). The second-order valence-electron chi connectivity index (χ2n) is 4.31. The molecule has 0 fully saturated rings. The van der Waals surface area contributed by atoms with E-state index in [2.05, 4.69) is 15.9 Å². The van der Waals surface area contributed by atoms with Crippen molar-refractivity contribution in [3.8, 4) is 5.75 Å². The topological polar surface area (TPSA) is 26.3 Å². The smallest absolute Gasteiger partial charge is 0.163 e. The molecule has 110 valence electrons. The van der Waals surface area contributed by atoms with Gasteiger partial charge in [-0.2, -0.15) is 0 Å². The van der Waals surface area contributed by atoms with E-state index in [1.807, 2.05) is 0 Å². The van der Waals surface area contributed by atoms with Crippen molar-refractivity contribution in [3.63, 3.8) is 0 Å². The zero-order valence-electron chi connectivity index (χ0n) is 10.9. The summed E-state index contributed by atoms with van der Waals surface area (Å²) >= 11 is 2.94. The van der Waals surface area contributed by atoms with E-state index in [-0.39, 0.29) is 27.1 Å². The lowest BCUT2D eigenvalue weighted by atomic mass is 10.1. The largest absolute Gasteiger partial charge is 0.488 e. The van der Waals surface area contributed by atoms with Gasteiger partial charge in [0, 0.05) is 6.07 Å². The van der Waals surface area contributed by atoms with Crippen LogP contribution in [0.15, 0.2) is 34.8 Å². The summed E-state index contributed by atoms with van der Waals surface area (Å²) in [5.41, 5.74) is -0.157. The standard InChI is InChI=1S/C15H10BrF3O2/c1-8(20)10-3-2-9(17)6-14(10)21-7-11-13(18)5-4-12(16)15(11)19/h2-6H,7H2,1H3. The van der Waals surface area contributed by atoms with Crippen LogP contribution in [0, 0.1) is 17.5 Å². The molecule has 2 aromatic carbocycles. The van der Waals surface area contributed by atoms with Crippen LogP contribution >= 0.6 is 15.9 Å². The van der Waals surface area contributed by atoms with E-state index in [0.717, 1.165) is 18.2 Å². The van der Waals surface area contributed by atoms with Gasteiger partial charge in [-0.25, -0.2) is 13.2 Å². The Hall–Kier alpha value is -1.82. The van der Waals surface area contributed by atoms with Gasteiger partial charge in [-0.3, -0.25) is 4.79 Å². The van der Waals surface area contributed by atoms with Crippen LogP contribution in [0.2, 0.25) is 0 Å². The Balaban J connectivity index is 2.31. The Kier molecular flexibility index (Phi) is 4.67. The van der Waals surface area contributed by atoms with Gasteiger partial charge in [0.25, 0.3) is 0 Å². The van der Waals surface area contributed by atoms with Gasteiger partial charge in [0.15, 0.2) is 5.78 Å².